The van der Waals surface area contributed by atoms with Crippen LogP contribution in [0.25, 0.3) is 10.9 Å². The molecule has 2 N–H and O–H groups in total. The van der Waals surface area contributed by atoms with Gasteiger partial charge in [0.2, 0.25) is 0 Å². The molecule has 1 aromatic carbocycles. The fraction of sp³-hybridized carbons (Fsp3) is 0.500. The Kier molecular flexibility index (Phi) is 9.46. The van der Waals surface area contributed by atoms with Crippen molar-refractivity contribution >= 4 is 35.7 Å². The first-order chi connectivity index (χ1) is 11.3. The maximum absolute atomic E-state index is 9.90. The van der Waals surface area contributed by atoms with E-state index < -0.39 is 0 Å². The number of pyridine rings is 1. The number of aliphatic hydroxyl groups excluding tert-OH is 1. The predicted molar refractivity (Wildman–Crippen MR) is 106 cm³/mol. The molecule has 1 fully saturated rings. The first kappa shape index (κ1) is 21.9. The summed E-state index contributed by atoms with van der Waals surface area (Å²) in [6, 6.07) is 7.72. The van der Waals surface area contributed by atoms with E-state index in [1.54, 1.807) is 12.3 Å². The van der Waals surface area contributed by atoms with E-state index >= 15 is 0 Å². The van der Waals surface area contributed by atoms with Gasteiger partial charge in [-0.3, -0.25) is 9.88 Å². The van der Waals surface area contributed by atoms with E-state index in [1.165, 1.54) is 5.56 Å². The summed E-state index contributed by atoms with van der Waals surface area (Å²) in [4.78, 5) is 9.09. The number of nitrogens with zero attached hydrogens (tertiary/aromatic N) is 3. The van der Waals surface area contributed by atoms with Crippen LogP contribution in [-0.2, 0) is 6.42 Å². The number of aromatic nitrogens is 1. The molecule has 0 aliphatic carbocycles. The quantitative estimate of drug-likeness (QED) is 0.796. The van der Waals surface area contributed by atoms with Gasteiger partial charge < -0.3 is 15.1 Å². The summed E-state index contributed by atoms with van der Waals surface area (Å²) in [7, 11) is 0. The number of fused-ring (bicyclic) bond motifs is 1. The third-order valence-electron chi connectivity index (χ3n) is 4.64. The molecule has 7 heteroatoms. The van der Waals surface area contributed by atoms with E-state index in [0.717, 1.165) is 57.5 Å². The fourth-order valence-electron chi connectivity index (χ4n) is 3.31. The summed E-state index contributed by atoms with van der Waals surface area (Å²) in [5, 5.41) is 19.9. The van der Waals surface area contributed by atoms with Crippen molar-refractivity contribution in [3.05, 3.63) is 36.0 Å². The zero-order valence-corrected chi connectivity index (χ0v) is 15.9. The van der Waals surface area contributed by atoms with Crippen LogP contribution in [0.15, 0.2) is 30.5 Å². The molecule has 140 valence electrons. The van der Waals surface area contributed by atoms with Crippen LogP contribution in [0.4, 0.5) is 0 Å². The summed E-state index contributed by atoms with van der Waals surface area (Å²) in [6.07, 6.45) is 3.83. The zero-order valence-electron chi connectivity index (χ0n) is 14.3. The molecule has 0 spiro atoms. The highest BCUT2D eigenvalue weighted by molar-refractivity contribution is 5.87. The smallest absolute Gasteiger partial charge is 0.141 e. The lowest BCUT2D eigenvalue weighted by molar-refractivity contribution is 0.112. The second-order valence-electron chi connectivity index (χ2n) is 6.15. The van der Waals surface area contributed by atoms with Gasteiger partial charge in [0.05, 0.1) is 6.61 Å². The Balaban J connectivity index is 0.00000156. The Labute approximate surface area is 161 Å². The van der Waals surface area contributed by atoms with Crippen LogP contribution in [0.3, 0.4) is 0 Å². The Hall–Kier alpha value is -1.11. The normalized spacial score (nSPS) is 15.6. The maximum Gasteiger partial charge on any atom is 0.141 e. The molecule has 1 aliphatic heterocycles. The summed E-state index contributed by atoms with van der Waals surface area (Å²) in [6.45, 7) is 6.40. The Morgan fingerprint density at radius 1 is 0.960 bits per heavy atom. The van der Waals surface area contributed by atoms with Crippen molar-refractivity contribution in [3.8, 4) is 5.75 Å². The van der Waals surface area contributed by atoms with Gasteiger partial charge in [-0.05, 0) is 37.1 Å². The van der Waals surface area contributed by atoms with Gasteiger partial charge in [-0.15, -0.1) is 24.8 Å². The number of phenols is 1. The standard InChI is InChI=1S/C18H25N3O2.2ClH/c22-14-13-21-11-9-20(10-12-21)8-2-3-15-5-6-17(23)18-16(15)4-1-7-19-18;;/h1,4-7,22-23H,2-3,8-14H2;2*1H. The van der Waals surface area contributed by atoms with Crippen LogP contribution in [0.1, 0.15) is 12.0 Å². The molecular formula is C18H27Cl2N3O2. The molecule has 2 aromatic rings. The number of benzene rings is 1. The van der Waals surface area contributed by atoms with Gasteiger partial charge in [0.25, 0.3) is 0 Å². The summed E-state index contributed by atoms with van der Waals surface area (Å²) >= 11 is 0. The van der Waals surface area contributed by atoms with Gasteiger partial charge in [-0.1, -0.05) is 12.1 Å². The number of hydrogen-bond acceptors (Lipinski definition) is 5. The third kappa shape index (κ3) is 5.69. The molecule has 1 saturated heterocycles. The monoisotopic (exact) mass is 387 g/mol. The van der Waals surface area contributed by atoms with Crippen molar-refractivity contribution in [1.82, 2.24) is 14.8 Å². The SMILES string of the molecule is Cl.Cl.OCCN1CCN(CCCc2ccc(O)c3ncccc23)CC1. The van der Waals surface area contributed by atoms with E-state index in [9.17, 15) is 5.11 Å². The number of rotatable bonds is 6. The summed E-state index contributed by atoms with van der Waals surface area (Å²) < 4.78 is 0. The van der Waals surface area contributed by atoms with Crippen molar-refractivity contribution in [2.24, 2.45) is 0 Å². The van der Waals surface area contributed by atoms with E-state index in [1.807, 2.05) is 18.2 Å². The highest BCUT2D eigenvalue weighted by Gasteiger charge is 2.15. The highest BCUT2D eigenvalue weighted by Crippen LogP contribution is 2.26. The lowest BCUT2D eigenvalue weighted by Gasteiger charge is -2.34. The van der Waals surface area contributed by atoms with Crippen molar-refractivity contribution in [3.63, 3.8) is 0 Å². The molecule has 0 bridgehead atoms. The summed E-state index contributed by atoms with van der Waals surface area (Å²) in [5.41, 5.74) is 1.95. The Bertz CT molecular complexity index is 649. The second-order valence-corrected chi connectivity index (χ2v) is 6.15. The number of aryl methyl sites for hydroxylation is 1. The van der Waals surface area contributed by atoms with Crippen LogP contribution >= 0.6 is 24.8 Å². The molecular weight excluding hydrogens is 361 g/mol. The van der Waals surface area contributed by atoms with Crippen LogP contribution in [0.5, 0.6) is 5.75 Å². The highest BCUT2D eigenvalue weighted by atomic mass is 35.5. The molecule has 25 heavy (non-hydrogen) atoms. The molecule has 1 aromatic heterocycles. The number of halogens is 2. The van der Waals surface area contributed by atoms with Gasteiger partial charge in [0.15, 0.2) is 0 Å². The third-order valence-corrected chi connectivity index (χ3v) is 4.64. The average Bonchev–Trinajstić information content (AvgIpc) is 2.59. The minimum absolute atomic E-state index is 0. The topological polar surface area (TPSA) is 59.8 Å². The lowest BCUT2D eigenvalue weighted by atomic mass is 10.0. The number of β-amino-alcohol motifs (C(OH)–C–C–N with tert-alkyl or cyclic N) is 1. The molecule has 0 amide bonds. The number of aromatic hydroxyl groups is 1. The molecule has 0 radical (unpaired) electrons. The van der Waals surface area contributed by atoms with Crippen molar-refractivity contribution in [2.75, 3.05) is 45.9 Å². The average molecular weight is 388 g/mol. The van der Waals surface area contributed by atoms with E-state index in [2.05, 4.69) is 14.8 Å². The van der Waals surface area contributed by atoms with Gasteiger partial charge in [-0.25, -0.2) is 0 Å². The first-order valence-electron chi connectivity index (χ1n) is 8.39. The first-order valence-corrected chi connectivity index (χ1v) is 8.39. The van der Waals surface area contributed by atoms with Crippen molar-refractivity contribution < 1.29 is 10.2 Å². The van der Waals surface area contributed by atoms with Crippen LogP contribution < -0.4 is 0 Å². The number of phenolic OH excluding ortho intramolecular Hbond substituents is 1. The number of hydrogen-bond donors (Lipinski definition) is 2. The molecule has 1 aliphatic rings. The summed E-state index contributed by atoms with van der Waals surface area (Å²) in [5.74, 6) is 0.254. The number of piperazine rings is 1. The zero-order chi connectivity index (χ0) is 16.1. The molecule has 0 unspecified atom stereocenters. The predicted octanol–water partition coefficient (Wildman–Crippen LogP) is 2.33. The lowest BCUT2D eigenvalue weighted by Crippen LogP contribution is -2.47. The van der Waals surface area contributed by atoms with Crippen LogP contribution in [0.2, 0.25) is 0 Å². The molecule has 2 heterocycles. The van der Waals surface area contributed by atoms with Crippen LogP contribution in [0, 0.1) is 0 Å². The van der Waals surface area contributed by atoms with Gasteiger partial charge in [0, 0.05) is 44.3 Å². The van der Waals surface area contributed by atoms with E-state index in [0.29, 0.717) is 5.52 Å². The largest absolute Gasteiger partial charge is 0.506 e. The Morgan fingerprint density at radius 3 is 2.32 bits per heavy atom. The minimum atomic E-state index is 0. The molecule has 3 rings (SSSR count). The minimum Gasteiger partial charge on any atom is -0.506 e. The number of aliphatic hydroxyl groups is 1. The second kappa shape index (κ2) is 10.8. The van der Waals surface area contributed by atoms with Gasteiger partial charge >= 0.3 is 0 Å². The van der Waals surface area contributed by atoms with Gasteiger partial charge in [-0.2, -0.15) is 0 Å². The Morgan fingerprint density at radius 2 is 1.64 bits per heavy atom. The van der Waals surface area contributed by atoms with E-state index in [4.69, 9.17) is 5.11 Å². The van der Waals surface area contributed by atoms with Gasteiger partial charge in [0.1, 0.15) is 11.3 Å². The fourth-order valence-corrected chi connectivity index (χ4v) is 3.31. The molecule has 5 nitrogen and oxygen atoms in total. The van der Waals surface area contributed by atoms with Crippen molar-refractivity contribution in [2.45, 2.75) is 12.8 Å². The van der Waals surface area contributed by atoms with Crippen molar-refractivity contribution in [1.29, 1.82) is 0 Å². The van der Waals surface area contributed by atoms with Crippen LogP contribution in [-0.4, -0.2) is 70.9 Å². The van der Waals surface area contributed by atoms with E-state index in [-0.39, 0.29) is 37.2 Å². The molecule has 0 atom stereocenters. The molecule has 0 saturated carbocycles. The maximum atomic E-state index is 9.90.